The first-order chi connectivity index (χ1) is 10.2. The molecule has 0 bridgehead atoms. The number of carbonyl (C=O) groups is 1. The van der Waals surface area contributed by atoms with Gasteiger partial charge in [-0.25, -0.2) is 0 Å². The zero-order valence-electron chi connectivity index (χ0n) is 12.0. The van der Waals surface area contributed by atoms with E-state index in [0.29, 0.717) is 11.4 Å². The molecular weight excluding hydrogens is 290 g/mol. The molecule has 1 aromatic rings. The van der Waals surface area contributed by atoms with Crippen molar-refractivity contribution in [1.29, 1.82) is 0 Å². The lowest BCUT2D eigenvalue weighted by Gasteiger charge is -2.33. The summed E-state index contributed by atoms with van der Waals surface area (Å²) in [6.07, 6.45) is 3.74. The average Bonchev–Trinajstić information content (AvgIpc) is 2.86. The van der Waals surface area contributed by atoms with Gasteiger partial charge in [0, 0.05) is 31.1 Å². The average molecular weight is 310 g/mol. The number of esters is 1. The first kappa shape index (κ1) is 14.7. The summed E-state index contributed by atoms with van der Waals surface area (Å²) in [7, 11) is 0. The van der Waals surface area contributed by atoms with Crippen molar-refractivity contribution in [1.82, 2.24) is 4.90 Å². The zero-order valence-corrected chi connectivity index (χ0v) is 12.7. The van der Waals surface area contributed by atoms with Crippen LogP contribution in [-0.2, 0) is 9.53 Å². The number of rotatable bonds is 4. The molecule has 2 fully saturated rings. The smallest absolute Gasteiger partial charge is 0.306 e. The van der Waals surface area contributed by atoms with Gasteiger partial charge in [0.05, 0.1) is 0 Å². The minimum Gasteiger partial charge on any atom is -0.490 e. The third-order valence-electron chi connectivity index (χ3n) is 4.06. The topological polar surface area (TPSA) is 38.8 Å². The maximum Gasteiger partial charge on any atom is 0.306 e. The Balaban J connectivity index is 1.43. The van der Waals surface area contributed by atoms with Gasteiger partial charge in [0.1, 0.15) is 18.0 Å². The molecule has 114 valence electrons. The van der Waals surface area contributed by atoms with E-state index in [0.717, 1.165) is 44.6 Å². The SMILES string of the molecule is O=C1CC[C@H](CN2CCC(Oc3cccc(Cl)c3)CC2)O1. The molecule has 1 atom stereocenters. The van der Waals surface area contributed by atoms with E-state index in [-0.39, 0.29) is 18.2 Å². The molecule has 2 aliphatic rings. The summed E-state index contributed by atoms with van der Waals surface area (Å²) in [4.78, 5) is 13.5. The van der Waals surface area contributed by atoms with Crippen molar-refractivity contribution in [3.05, 3.63) is 29.3 Å². The molecule has 2 aliphatic heterocycles. The third kappa shape index (κ3) is 4.11. The largest absolute Gasteiger partial charge is 0.490 e. The fourth-order valence-electron chi connectivity index (χ4n) is 2.94. The van der Waals surface area contributed by atoms with Gasteiger partial charge in [0.2, 0.25) is 0 Å². The van der Waals surface area contributed by atoms with Gasteiger partial charge >= 0.3 is 5.97 Å². The van der Waals surface area contributed by atoms with Crippen LogP contribution in [0.25, 0.3) is 0 Å². The van der Waals surface area contributed by atoms with Crippen LogP contribution in [0.2, 0.25) is 5.02 Å². The highest BCUT2D eigenvalue weighted by Gasteiger charge is 2.28. The van der Waals surface area contributed by atoms with E-state index in [1.807, 2.05) is 24.3 Å². The molecule has 0 saturated carbocycles. The molecule has 0 unspecified atom stereocenters. The number of ether oxygens (including phenoxy) is 2. The summed E-state index contributed by atoms with van der Waals surface area (Å²) in [5.41, 5.74) is 0. The molecule has 2 heterocycles. The molecule has 3 rings (SSSR count). The van der Waals surface area contributed by atoms with Gasteiger partial charge in [0.15, 0.2) is 0 Å². The number of likely N-dealkylation sites (tertiary alicyclic amines) is 1. The molecule has 0 spiro atoms. The summed E-state index contributed by atoms with van der Waals surface area (Å²) in [6, 6.07) is 7.54. The fourth-order valence-corrected chi connectivity index (χ4v) is 3.12. The molecule has 0 aliphatic carbocycles. The fraction of sp³-hybridized carbons (Fsp3) is 0.562. The Labute approximate surface area is 130 Å². The van der Waals surface area contributed by atoms with E-state index in [2.05, 4.69) is 4.90 Å². The lowest BCUT2D eigenvalue weighted by atomic mass is 10.1. The molecule has 0 radical (unpaired) electrons. The molecule has 1 aromatic carbocycles. The summed E-state index contributed by atoms with van der Waals surface area (Å²) in [5, 5.41) is 0.702. The third-order valence-corrected chi connectivity index (χ3v) is 4.30. The van der Waals surface area contributed by atoms with Crippen LogP contribution >= 0.6 is 11.6 Å². The predicted octanol–water partition coefficient (Wildman–Crippen LogP) is 2.89. The van der Waals surface area contributed by atoms with Gasteiger partial charge in [-0.1, -0.05) is 17.7 Å². The van der Waals surface area contributed by atoms with Crippen molar-refractivity contribution in [2.24, 2.45) is 0 Å². The number of nitrogens with zero attached hydrogens (tertiary/aromatic N) is 1. The normalized spacial score (nSPS) is 24.0. The second-order valence-electron chi connectivity index (χ2n) is 5.73. The van der Waals surface area contributed by atoms with Gasteiger partial charge < -0.3 is 9.47 Å². The first-order valence-corrected chi connectivity index (χ1v) is 7.91. The second kappa shape index (κ2) is 6.67. The first-order valence-electron chi connectivity index (χ1n) is 7.53. The number of hydrogen-bond donors (Lipinski definition) is 0. The summed E-state index contributed by atoms with van der Waals surface area (Å²) in [5.74, 6) is 0.782. The van der Waals surface area contributed by atoms with Crippen molar-refractivity contribution < 1.29 is 14.3 Å². The van der Waals surface area contributed by atoms with Crippen LogP contribution in [0.15, 0.2) is 24.3 Å². The number of cyclic esters (lactones) is 1. The Hall–Kier alpha value is -1.26. The van der Waals surface area contributed by atoms with E-state index in [4.69, 9.17) is 21.1 Å². The van der Waals surface area contributed by atoms with Gasteiger partial charge in [-0.15, -0.1) is 0 Å². The van der Waals surface area contributed by atoms with Crippen molar-refractivity contribution in [3.63, 3.8) is 0 Å². The van der Waals surface area contributed by atoms with E-state index >= 15 is 0 Å². The lowest BCUT2D eigenvalue weighted by Crippen LogP contribution is -2.41. The lowest BCUT2D eigenvalue weighted by molar-refractivity contribution is -0.142. The minimum atomic E-state index is -0.0563. The Bertz CT molecular complexity index is 500. The van der Waals surface area contributed by atoms with Crippen LogP contribution in [0.4, 0.5) is 0 Å². The van der Waals surface area contributed by atoms with Crippen molar-refractivity contribution in [3.8, 4) is 5.75 Å². The highest BCUT2D eigenvalue weighted by Crippen LogP contribution is 2.23. The minimum absolute atomic E-state index is 0.0563. The molecule has 4 nitrogen and oxygen atoms in total. The van der Waals surface area contributed by atoms with E-state index in [1.165, 1.54) is 0 Å². The second-order valence-corrected chi connectivity index (χ2v) is 6.16. The van der Waals surface area contributed by atoms with Crippen LogP contribution in [0.3, 0.4) is 0 Å². The zero-order chi connectivity index (χ0) is 14.7. The molecule has 21 heavy (non-hydrogen) atoms. The predicted molar refractivity (Wildman–Crippen MR) is 80.7 cm³/mol. The monoisotopic (exact) mass is 309 g/mol. The van der Waals surface area contributed by atoms with E-state index in [1.54, 1.807) is 0 Å². The highest BCUT2D eigenvalue weighted by atomic mass is 35.5. The molecule has 5 heteroatoms. The molecule has 0 aromatic heterocycles. The molecule has 2 saturated heterocycles. The van der Waals surface area contributed by atoms with E-state index < -0.39 is 0 Å². The maximum atomic E-state index is 11.1. The Morgan fingerprint density at radius 2 is 2.10 bits per heavy atom. The maximum absolute atomic E-state index is 11.1. The number of benzene rings is 1. The van der Waals surface area contributed by atoms with E-state index in [9.17, 15) is 4.79 Å². The summed E-state index contributed by atoms with van der Waals surface area (Å²) >= 11 is 5.96. The van der Waals surface area contributed by atoms with Crippen LogP contribution in [0.1, 0.15) is 25.7 Å². The molecular formula is C16H20ClNO3. The van der Waals surface area contributed by atoms with Crippen LogP contribution in [0, 0.1) is 0 Å². The van der Waals surface area contributed by atoms with Gasteiger partial charge in [-0.3, -0.25) is 9.69 Å². The van der Waals surface area contributed by atoms with Crippen LogP contribution in [-0.4, -0.2) is 42.7 Å². The van der Waals surface area contributed by atoms with Gasteiger partial charge in [-0.05, 0) is 37.5 Å². The number of piperidine rings is 1. The Morgan fingerprint density at radius 1 is 1.29 bits per heavy atom. The van der Waals surface area contributed by atoms with Crippen molar-refractivity contribution in [2.45, 2.75) is 37.9 Å². The number of carbonyl (C=O) groups excluding carboxylic acids is 1. The van der Waals surface area contributed by atoms with Crippen LogP contribution < -0.4 is 4.74 Å². The molecule has 0 N–H and O–H groups in total. The van der Waals surface area contributed by atoms with Gasteiger partial charge in [0.25, 0.3) is 0 Å². The summed E-state index contributed by atoms with van der Waals surface area (Å²) in [6.45, 7) is 2.83. The van der Waals surface area contributed by atoms with Crippen molar-refractivity contribution in [2.75, 3.05) is 19.6 Å². The summed E-state index contributed by atoms with van der Waals surface area (Å²) < 4.78 is 11.2. The van der Waals surface area contributed by atoms with Crippen molar-refractivity contribution >= 4 is 17.6 Å². The number of hydrogen-bond acceptors (Lipinski definition) is 4. The Kier molecular flexibility index (Phi) is 4.66. The quantitative estimate of drug-likeness (QED) is 0.802. The van der Waals surface area contributed by atoms with Gasteiger partial charge in [-0.2, -0.15) is 0 Å². The molecule has 0 amide bonds. The number of halogens is 1. The van der Waals surface area contributed by atoms with Crippen LogP contribution in [0.5, 0.6) is 5.75 Å². The standard InChI is InChI=1S/C16H20ClNO3/c17-12-2-1-3-14(10-12)20-13-6-8-18(9-7-13)11-15-4-5-16(19)21-15/h1-3,10,13,15H,4-9,11H2/t15-/m1/s1. The highest BCUT2D eigenvalue weighted by molar-refractivity contribution is 6.30. The Morgan fingerprint density at radius 3 is 2.76 bits per heavy atom.